The zero-order valence-corrected chi connectivity index (χ0v) is 10.9. The molecule has 0 saturated heterocycles. The van der Waals surface area contributed by atoms with Crippen molar-refractivity contribution in [2.75, 3.05) is 6.54 Å². The molecule has 0 radical (unpaired) electrons. The monoisotopic (exact) mass is 267 g/mol. The molecule has 2 aromatic rings. The van der Waals surface area contributed by atoms with Gasteiger partial charge in [-0.3, -0.25) is 9.20 Å². The maximum Gasteiger partial charge on any atom is 0.270 e. The lowest BCUT2D eigenvalue weighted by Gasteiger charge is -2.07. The first-order chi connectivity index (χ1) is 8.49. The molecule has 2 N–H and O–H groups in total. The first kappa shape index (κ1) is 12.9. The second-order valence-corrected chi connectivity index (χ2v) is 4.61. The van der Waals surface area contributed by atoms with Crippen LogP contribution in [0.2, 0.25) is 5.02 Å². The molecule has 18 heavy (non-hydrogen) atoms. The number of imidazole rings is 1. The summed E-state index contributed by atoms with van der Waals surface area (Å²) in [4.78, 5) is 16.3. The summed E-state index contributed by atoms with van der Waals surface area (Å²) in [5.41, 5.74) is 1.71. The predicted molar refractivity (Wildman–Crippen MR) is 69.0 cm³/mol. The minimum absolute atomic E-state index is 0.207. The molecule has 0 aliphatic rings. The average molecular weight is 268 g/mol. The van der Waals surface area contributed by atoms with Gasteiger partial charge in [-0.05, 0) is 19.9 Å². The van der Waals surface area contributed by atoms with Crippen LogP contribution in [-0.2, 0) is 0 Å². The van der Waals surface area contributed by atoms with E-state index in [0.717, 1.165) is 0 Å². The fourth-order valence-electron chi connectivity index (χ4n) is 1.74. The van der Waals surface area contributed by atoms with Crippen LogP contribution in [0.1, 0.15) is 23.1 Å². The molecule has 0 aliphatic heterocycles. The van der Waals surface area contributed by atoms with Crippen LogP contribution in [-0.4, -0.2) is 33.0 Å². The van der Waals surface area contributed by atoms with Crippen LogP contribution in [0.5, 0.6) is 0 Å². The number of carbonyl (C=O) groups is 1. The average Bonchev–Trinajstić information content (AvgIpc) is 2.61. The van der Waals surface area contributed by atoms with Gasteiger partial charge in [0.25, 0.3) is 5.91 Å². The highest BCUT2D eigenvalue weighted by atomic mass is 35.5. The van der Waals surface area contributed by atoms with E-state index in [1.165, 1.54) is 0 Å². The van der Waals surface area contributed by atoms with E-state index in [0.29, 0.717) is 22.1 Å². The van der Waals surface area contributed by atoms with Gasteiger partial charge in [-0.1, -0.05) is 11.6 Å². The van der Waals surface area contributed by atoms with Crippen LogP contribution >= 0.6 is 11.6 Å². The van der Waals surface area contributed by atoms with Crippen LogP contribution in [0.3, 0.4) is 0 Å². The maximum absolute atomic E-state index is 12.0. The summed E-state index contributed by atoms with van der Waals surface area (Å²) in [6.45, 7) is 3.58. The number of aromatic nitrogens is 2. The number of aliphatic hydroxyl groups is 1. The van der Waals surface area contributed by atoms with Gasteiger partial charge in [0.1, 0.15) is 11.3 Å². The zero-order valence-electron chi connectivity index (χ0n) is 10.1. The smallest absolute Gasteiger partial charge is 0.270 e. The van der Waals surface area contributed by atoms with E-state index in [4.69, 9.17) is 16.7 Å². The van der Waals surface area contributed by atoms with Crippen molar-refractivity contribution in [1.29, 1.82) is 0 Å². The van der Waals surface area contributed by atoms with E-state index >= 15 is 0 Å². The van der Waals surface area contributed by atoms with Gasteiger partial charge in [0.05, 0.1) is 11.8 Å². The summed E-state index contributed by atoms with van der Waals surface area (Å²) in [5.74, 6) is -0.261. The second-order valence-electron chi connectivity index (χ2n) is 4.18. The highest BCUT2D eigenvalue weighted by Gasteiger charge is 2.16. The third-order valence-corrected chi connectivity index (χ3v) is 2.77. The van der Waals surface area contributed by atoms with Crippen molar-refractivity contribution in [3.63, 3.8) is 0 Å². The molecule has 2 rings (SSSR count). The van der Waals surface area contributed by atoms with Crippen molar-refractivity contribution in [1.82, 2.24) is 14.7 Å². The minimum Gasteiger partial charge on any atom is -0.392 e. The Labute approximate surface area is 109 Å². The molecule has 0 aromatic carbocycles. The van der Waals surface area contributed by atoms with E-state index in [-0.39, 0.29) is 12.5 Å². The van der Waals surface area contributed by atoms with Gasteiger partial charge in [-0.2, -0.15) is 0 Å². The third-order valence-electron chi connectivity index (χ3n) is 2.54. The van der Waals surface area contributed by atoms with Crippen LogP contribution < -0.4 is 5.32 Å². The summed E-state index contributed by atoms with van der Waals surface area (Å²) in [7, 11) is 0. The Morgan fingerprint density at radius 1 is 1.67 bits per heavy atom. The van der Waals surface area contributed by atoms with Gasteiger partial charge >= 0.3 is 0 Å². The van der Waals surface area contributed by atoms with Crippen LogP contribution in [0, 0.1) is 6.92 Å². The molecule has 2 heterocycles. The van der Waals surface area contributed by atoms with Crippen molar-refractivity contribution in [2.45, 2.75) is 20.0 Å². The summed E-state index contributed by atoms with van der Waals surface area (Å²) in [5, 5.41) is 12.4. The molecular formula is C12H14ClN3O2. The molecule has 1 amide bonds. The number of halogens is 1. The van der Waals surface area contributed by atoms with Crippen molar-refractivity contribution in [3.8, 4) is 0 Å². The fourth-order valence-corrected chi connectivity index (χ4v) is 1.89. The lowest BCUT2D eigenvalue weighted by atomic mass is 10.3. The summed E-state index contributed by atoms with van der Waals surface area (Å²) in [6.07, 6.45) is 1.12. The Morgan fingerprint density at radius 3 is 3.06 bits per heavy atom. The minimum atomic E-state index is -0.581. The van der Waals surface area contributed by atoms with Crippen LogP contribution in [0.4, 0.5) is 0 Å². The van der Waals surface area contributed by atoms with Crippen molar-refractivity contribution in [3.05, 3.63) is 34.7 Å². The Balaban J connectivity index is 2.38. The van der Waals surface area contributed by atoms with E-state index in [1.54, 1.807) is 36.6 Å². The Hall–Kier alpha value is -1.59. The quantitative estimate of drug-likeness (QED) is 0.884. The van der Waals surface area contributed by atoms with Crippen LogP contribution in [0.15, 0.2) is 18.3 Å². The number of rotatable bonds is 3. The zero-order chi connectivity index (χ0) is 13.3. The van der Waals surface area contributed by atoms with Gasteiger partial charge in [-0.25, -0.2) is 4.98 Å². The number of nitrogens with zero attached hydrogens (tertiary/aromatic N) is 2. The molecule has 5 nitrogen and oxygen atoms in total. The molecule has 0 spiro atoms. The molecule has 96 valence electrons. The van der Waals surface area contributed by atoms with Gasteiger partial charge in [-0.15, -0.1) is 0 Å². The van der Waals surface area contributed by atoms with Gasteiger partial charge in [0.15, 0.2) is 0 Å². The molecule has 2 aromatic heterocycles. The number of nitrogens with one attached hydrogen (secondary N) is 1. The normalized spacial score (nSPS) is 12.7. The second kappa shape index (κ2) is 4.96. The highest BCUT2D eigenvalue weighted by Crippen LogP contribution is 2.16. The highest BCUT2D eigenvalue weighted by molar-refractivity contribution is 6.30. The van der Waals surface area contributed by atoms with E-state index in [9.17, 15) is 4.79 Å². The first-order valence-electron chi connectivity index (χ1n) is 5.59. The third kappa shape index (κ3) is 2.47. The number of amides is 1. The summed E-state index contributed by atoms with van der Waals surface area (Å²) < 4.78 is 1.68. The number of fused-ring (bicyclic) bond motifs is 1. The number of hydrogen-bond acceptors (Lipinski definition) is 3. The number of pyridine rings is 1. The molecule has 0 saturated carbocycles. The predicted octanol–water partition coefficient (Wildman–Crippen LogP) is 1.41. The van der Waals surface area contributed by atoms with Gasteiger partial charge in [0.2, 0.25) is 0 Å². The lowest BCUT2D eigenvalue weighted by molar-refractivity contribution is 0.0917. The maximum atomic E-state index is 12.0. The summed E-state index contributed by atoms with van der Waals surface area (Å²) in [6, 6.07) is 3.39. The van der Waals surface area contributed by atoms with E-state index < -0.39 is 6.10 Å². The van der Waals surface area contributed by atoms with Gasteiger partial charge in [0, 0.05) is 23.8 Å². The first-order valence-corrected chi connectivity index (χ1v) is 5.97. The van der Waals surface area contributed by atoms with E-state index in [1.807, 2.05) is 0 Å². The molecule has 0 aliphatic carbocycles. The number of aliphatic hydroxyl groups excluding tert-OH is 1. The lowest BCUT2D eigenvalue weighted by Crippen LogP contribution is -2.31. The standard InChI is InChI=1S/C12H14ClN3O2/c1-7(17)6-14-12(18)11-8(2)15-10-5-9(13)3-4-16(10)11/h3-5,7,17H,6H2,1-2H3,(H,14,18). The van der Waals surface area contributed by atoms with Crippen molar-refractivity contribution < 1.29 is 9.90 Å². The largest absolute Gasteiger partial charge is 0.392 e. The summed E-state index contributed by atoms with van der Waals surface area (Å²) >= 11 is 5.88. The molecule has 6 heteroatoms. The Morgan fingerprint density at radius 2 is 2.39 bits per heavy atom. The fraction of sp³-hybridized carbons (Fsp3) is 0.333. The molecule has 0 bridgehead atoms. The van der Waals surface area contributed by atoms with Gasteiger partial charge < -0.3 is 10.4 Å². The molecule has 0 fully saturated rings. The SMILES string of the molecule is Cc1nc2cc(Cl)ccn2c1C(=O)NCC(C)O. The van der Waals surface area contributed by atoms with E-state index in [2.05, 4.69) is 10.3 Å². The van der Waals surface area contributed by atoms with Crippen molar-refractivity contribution in [2.24, 2.45) is 0 Å². The Bertz CT molecular complexity index is 592. The Kier molecular flexibility index (Phi) is 3.54. The molecule has 1 atom stereocenters. The van der Waals surface area contributed by atoms with Crippen LogP contribution in [0.25, 0.3) is 5.65 Å². The number of hydrogen-bond donors (Lipinski definition) is 2. The number of carbonyl (C=O) groups excluding carboxylic acids is 1. The number of aryl methyl sites for hydroxylation is 1. The topological polar surface area (TPSA) is 66.6 Å². The molecule has 1 unspecified atom stereocenters. The molecular weight excluding hydrogens is 254 g/mol. The van der Waals surface area contributed by atoms with Crippen molar-refractivity contribution >= 4 is 23.2 Å².